The first-order valence-corrected chi connectivity index (χ1v) is 4.76. The van der Waals surface area contributed by atoms with Crippen LogP contribution in [0, 0.1) is 0 Å². The fourth-order valence-corrected chi connectivity index (χ4v) is 1.39. The van der Waals surface area contributed by atoms with Gasteiger partial charge in [-0.25, -0.2) is 0 Å². The molecule has 1 N–H and O–H groups in total. The molecule has 0 aliphatic rings. The van der Waals surface area contributed by atoms with Crippen molar-refractivity contribution in [1.82, 2.24) is 10.5 Å². The highest BCUT2D eigenvalue weighted by Crippen LogP contribution is 2.18. The molecule has 1 aromatic rings. The van der Waals surface area contributed by atoms with E-state index in [1.165, 1.54) is 18.9 Å². The van der Waals surface area contributed by atoms with E-state index in [4.69, 9.17) is 0 Å². The molecular weight excluding hydrogens is 200 g/mol. The Labute approximate surface area is 86.3 Å². The molecule has 74 valence electrons. The summed E-state index contributed by atoms with van der Waals surface area (Å²) < 4.78 is 0. The summed E-state index contributed by atoms with van der Waals surface area (Å²) in [6, 6.07) is 3.72. The maximum atomic E-state index is 10.5. The van der Waals surface area contributed by atoms with Crippen molar-refractivity contribution in [1.29, 1.82) is 0 Å². The van der Waals surface area contributed by atoms with Crippen molar-refractivity contribution >= 4 is 18.0 Å². The summed E-state index contributed by atoms with van der Waals surface area (Å²) in [5, 5.41) is 1.67. The lowest BCUT2D eigenvalue weighted by atomic mass is 10.5. The monoisotopic (exact) mass is 210 g/mol. The summed E-state index contributed by atoms with van der Waals surface area (Å²) >= 11 is 1.42. The van der Waals surface area contributed by atoms with Crippen molar-refractivity contribution in [2.45, 2.75) is 4.90 Å². The van der Waals surface area contributed by atoms with E-state index in [1.54, 1.807) is 17.8 Å². The molecule has 4 nitrogen and oxygen atoms in total. The first kappa shape index (κ1) is 10.7. The van der Waals surface area contributed by atoms with Crippen LogP contribution in [0.2, 0.25) is 0 Å². The molecule has 0 saturated heterocycles. The van der Waals surface area contributed by atoms with E-state index >= 15 is 0 Å². The first-order valence-electron chi connectivity index (χ1n) is 3.88. The topological polar surface area (TPSA) is 51.2 Å². The normalized spacial score (nSPS) is 11.1. The van der Waals surface area contributed by atoms with Gasteiger partial charge in [0, 0.05) is 22.7 Å². The fourth-order valence-electron chi connectivity index (χ4n) is 0.742. The van der Waals surface area contributed by atoms with Crippen molar-refractivity contribution in [2.24, 2.45) is 0 Å². The van der Waals surface area contributed by atoms with Crippen LogP contribution in [0.25, 0.3) is 0 Å². The van der Waals surface area contributed by atoms with E-state index in [-0.39, 0.29) is 0 Å². The second-order valence-electron chi connectivity index (χ2n) is 2.30. The number of pyridine rings is 1. The molecule has 1 heterocycles. The first-order chi connectivity index (χ1) is 6.86. The van der Waals surface area contributed by atoms with Gasteiger partial charge in [-0.3, -0.25) is 20.1 Å². The Balaban J connectivity index is 2.56. The average molecular weight is 210 g/mol. The van der Waals surface area contributed by atoms with Crippen LogP contribution in [-0.2, 0) is 9.63 Å². The van der Waals surface area contributed by atoms with Gasteiger partial charge in [-0.2, -0.15) is 0 Å². The second-order valence-corrected chi connectivity index (χ2v) is 3.24. The summed E-state index contributed by atoms with van der Waals surface area (Å²) in [5.41, 5.74) is 2.84. The minimum Gasteiger partial charge on any atom is -0.296 e. The Morgan fingerprint density at radius 3 is 2.86 bits per heavy atom. The predicted molar refractivity (Wildman–Crippen MR) is 54.4 cm³/mol. The third-order valence-electron chi connectivity index (χ3n) is 1.32. The molecule has 0 unspecified atom stereocenters. The molecule has 0 bridgehead atoms. The maximum absolute atomic E-state index is 10.5. The molecule has 0 aliphatic heterocycles. The van der Waals surface area contributed by atoms with Crippen LogP contribution in [0.3, 0.4) is 0 Å². The van der Waals surface area contributed by atoms with Gasteiger partial charge < -0.3 is 0 Å². The zero-order chi connectivity index (χ0) is 10.2. The van der Waals surface area contributed by atoms with Crippen LogP contribution >= 0.6 is 11.8 Å². The van der Waals surface area contributed by atoms with E-state index in [0.717, 1.165) is 4.90 Å². The Morgan fingerprint density at radius 2 is 2.29 bits per heavy atom. The van der Waals surface area contributed by atoms with Crippen LogP contribution in [0.15, 0.2) is 40.5 Å². The van der Waals surface area contributed by atoms with Crippen molar-refractivity contribution in [3.63, 3.8) is 0 Å². The van der Waals surface area contributed by atoms with Crippen molar-refractivity contribution in [2.75, 3.05) is 7.11 Å². The highest BCUT2D eigenvalue weighted by molar-refractivity contribution is 8.02. The zero-order valence-corrected chi connectivity index (χ0v) is 8.45. The lowest BCUT2D eigenvalue weighted by molar-refractivity contribution is -0.106. The zero-order valence-electron chi connectivity index (χ0n) is 7.64. The standard InChI is InChI=1S/C9H10N2O2S/c1-13-11-8(6-12)7-14-9-2-4-10-5-3-9/h2-7,11H,1H3. The molecule has 0 atom stereocenters. The molecule has 14 heavy (non-hydrogen) atoms. The molecular formula is C9H10N2O2S. The minimum atomic E-state index is 0.384. The lowest BCUT2D eigenvalue weighted by Crippen LogP contribution is -2.11. The average Bonchev–Trinajstić information content (AvgIpc) is 2.25. The number of nitrogens with one attached hydrogen (secondary N) is 1. The van der Waals surface area contributed by atoms with Gasteiger partial charge in [-0.15, -0.1) is 0 Å². The molecule has 0 radical (unpaired) electrons. The number of hydroxylamine groups is 1. The van der Waals surface area contributed by atoms with Crippen LogP contribution in [0.5, 0.6) is 0 Å². The van der Waals surface area contributed by atoms with Crippen LogP contribution in [-0.4, -0.2) is 18.4 Å². The van der Waals surface area contributed by atoms with Crippen LogP contribution in [0.1, 0.15) is 0 Å². The number of allylic oxidation sites excluding steroid dienone is 1. The van der Waals surface area contributed by atoms with Gasteiger partial charge in [0.1, 0.15) is 5.70 Å². The van der Waals surface area contributed by atoms with Crippen LogP contribution in [0.4, 0.5) is 0 Å². The molecule has 1 aromatic heterocycles. The number of rotatable bonds is 5. The molecule has 0 fully saturated rings. The van der Waals surface area contributed by atoms with Gasteiger partial charge in [0.05, 0.1) is 7.11 Å². The van der Waals surface area contributed by atoms with E-state index in [2.05, 4.69) is 15.3 Å². The lowest BCUT2D eigenvalue weighted by Gasteiger charge is -2.00. The summed E-state index contributed by atoms with van der Waals surface area (Å²) in [7, 11) is 1.45. The SMILES string of the molecule is CONC(C=O)=CSc1ccncc1. The molecule has 0 aliphatic carbocycles. The number of carbonyl (C=O) groups excluding carboxylic acids is 1. The summed E-state index contributed by atoms with van der Waals surface area (Å²) in [6.45, 7) is 0. The van der Waals surface area contributed by atoms with Gasteiger partial charge in [0.15, 0.2) is 6.29 Å². The third kappa shape index (κ3) is 3.59. The van der Waals surface area contributed by atoms with Crippen LogP contribution < -0.4 is 5.48 Å². The predicted octanol–water partition coefficient (Wildman–Crippen LogP) is 1.36. The minimum absolute atomic E-state index is 0.384. The quantitative estimate of drug-likeness (QED) is 0.344. The molecule has 0 amide bonds. The molecule has 0 saturated carbocycles. The number of carbonyl (C=O) groups is 1. The Hall–Kier alpha value is -1.33. The highest BCUT2D eigenvalue weighted by atomic mass is 32.2. The number of aromatic nitrogens is 1. The van der Waals surface area contributed by atoms with E-state index < -0.39 is 0 Å². The van der Waals surface area contributed by atoms with E-state index in [9.17, 15) is 4.79 Å². The fraction of sp³-hybridized carbons (Fsp3) is 0.111. The van der Waals surface area contributed by atoms with Gasteiger partial charge in [-0.1, -0.05) is 11.8 Å². The second kappa shape index (κ2) is 6.17. The summed E-state index contributed by atoms with van der Waals surface area (Å²) in [6.07, 6.45) is 4.08. The van der Waals surface area contributed by atoms with Gasteiger partial charge >= 0.3 is 0 Å². The number of nitrogens with zero attached hydrogens (tertiary/aromatic N) is 1. The van der Waals surface area contributed by atoms with Crippen molar-refractivity contribution in [3.05, 3.63) is 35.6 Å². The third-order valence-corrected chi connectivity index (χ3v) is 2.23. The summed E-state index contributed by atoms with van der Waals surface area (Å²) in [5.74, 6) is 0. The molecule has 1 rings (SSSR count). The largest absolute Gasteiger partial charge is 0.296 e. The molecule has 0 spiro atoms. The van der Waals surface area contributed by atoms with E-state index in [1.807, 2.05) is 12.1 Å². The number of thioether (sulfide) groups is 1. The van der Waals surface area contributed by atoms with Gasteiger partial charge in [-0.05, 0) is 12.1 Å². The number of hydrogen-bond acceptors (Lipinski definition) is 5. The smallest absolute Gasteiger partial charge is 0.168 e. The highest BCUT2D eigenvalue weighted by Gasteiger charge is 1.93. The Morgan fingerprint density at radius 1 is 1.57 bits per heavy atom. The van der Waals surface area contributed by atoms with Crippen molar-refractivity contribution in [3.8, 4) is 0 Å². The number of aldehydes is 1. The summed E-state index contributed by atoms with van der Waals surface area (Å²) in [4.78, 5) is 20.0. The molecule has 5 heteroatoms. The van der Waals surface area contributed by atoms with Gasteiger partial charge in [0.25, 0.3) is 0 Å². The molecule has 0 aromatic carbocycles. The Bertz CT molecular complexity index is 314. The van der Waals surface area contributed by atoms with Gasteiger partial charge in [0.2, 0.25) is 0 Å². The van der Waals surface area contributed by atoms with E-state index in [0.29, 0.717) is 12.0 Å². The maximum Gasteiger partial charge on any atom is 0.168 e. The Kier molecular flexibility index (Phi) is 4.74. The van der Waals surface area contributed by atoms with Crippen molar-refractivity contribution < 1.29 is 9.63 Å². The number of hydrogen-bond donors (Lipinski definition) is 1.